The number of tetrazole rings is 2. The van der Waals surface area contributed by atoms with Crippen LogP contribution in [0.25, 0.3) is 22.8 Å². The molecule has 0 bridgehead atoms. The fraction of sp³-hybridized carbons (Fsp3) is 0.543. The minimum atomic E-state index is -0.198. The summed E-state index contributed by atoms with van der Waals surface area (Å²) in [5.41, 5.74) is 2.94. The van der Waals surface area contributed by atoms with Gasteiger partial charge in [-0.15, -0.1) is 20.4 Å². The zero-order valence-electron chi connectivity index (χ0n) is 26.9. The number of carbonyl (C=O) groups excluding carboxylic acids is 2. The van der Waals surface area contributed by atoms with Gasteiger partial charge in [0.15, 0.2) is 0 Å². The Balaban J connectivity index is 0.000000172. The highest BCUT2D eigenvalue weighted by molar-refractivity contribution is 5.94. The largest absolute Gasteiger partial charge is 0.458 e. The molecule has 3 aliphatic carbocycles. The molecule has 0 spiro atoms. The second kappa shape index (κ2) is 16.4. The Bertz CT molecular complexity index is 1490. The SMILES string of the molecule is O=C(NC1CCCCC1)c1ccc(-c2nn[nH]n2)cc1.O=C(OC(C1CCCCC1)C1CCCCC1)c1ccc(-c2nn[nH]n2)cc1. The summed E-state index contributed by atoms with van der Waals surface area (Å²) in [7, 11) is 0. The van der Waals surface area contributed by atoms with Crippen molar-refractivity contribution in [3.05, 3.63) is 59.7 Å². The van der Waals surface area contributed by atoms with Gasteiger partial charge in [-0.05, 0) is 85.1 Å². The molecular weight excluding hydrogens is 594 g/mol. The van der Waals surface area contributed by atoms with E-state index < -0.39 is 0 Å². The van der Waals surface area contributed by atoms with Crippen molar-refractivity contribution in [1.82, 2.24) is 46.6 Å². The van der Waals surface area contributed by atoms with Gasteiger partial charge in [0.2, 0.25) is 11.6 Å². The van der Waals surface area contributed by atoms with E-state index in [9.17, 15) is 9.59 Å². The minimum absolute atomic E-state index is 0.00318. The molecule has 0 unspecified atom stereocenters. The molecule has 12 heteroatoms. The smallest absolute Gasteiger partial charge is 0.338 e. The van der Waals surface area contributed by atoms with E-state index in [-0.39, 0.29) is 18.0 Å². The van der Waals surface area contributed by atoms with Crippen LogP contribution in [-0.4, -0.2) is 65.3 Å². The summed E-state index contributed by atoms with van der Waals surface area (Å²) in [6.45, 7) is 0. The van der Waals surface area contributed by atoms with E-state index in [1.807, 2.05) is 24.3 Å². The summed E-state index contributed by atoms with van der Waals surface area (Å²) in [6.07, 6.45) is 18.5. The number of hydrogen-bond acceptors (Lipinski definition) is 9. The van der Waals surface area contributed by atoms with Crippen molar-refractivity contribution in [3.8, 4) is 22.8 Å². The van der Waals surface area contributed by atoms with Gasteiger partial charge >= 0.3 is 5.97 Å². The first-order valence-corrected chi connectivity index (χ1v) is 17.3. The molecule has 0 radical (unpaired) electrons. The van der Waals surface area contributed by atoms with E-state index in [0.717, 1.165) is 24.0 Å². The number of carbonyl (C=O) groups is 2. The number of aromatic amines is 2. The van der Waals surface area contributed by atoms with Gasteiger partial charge in [0.25, 0.3) is 5.91 Å². The molecule has 3 N–H and O–H groups in total. The molecule has 2 aromatic heterocycles. The van der Waals surface area contributed by atoms with Crippen LogP contribution in [-0.2, 0) is 4.74 Å². The average Bonchev–Trinajstić information content (AvgIpc) is 3.88. The van der Waals surface area contributed by atoms with Crippen LogP contribution < -0.4 is 5.32 Å². The Labute approximate surface area is 275 Å². The summed E-state index contributed by atoms with van der Waals surface area (Å²) in [4.78, 5) is 25.0. The second-order valence-corrected chi connectivity index (χ2v) is 13.1. The molecule has 47 heavy (non-hydrogen) atoms. The number of benzene rings is 2. The van der Waals surface area contributed by atoms with Crippen LogP contribution in [0, 0.1) is 11.8 Å². The van der Waals surface area contributed by atoms with Crippen LogP contribution in [0.5, 0.6) is 0 Å². The number of aromatic nitrogens is 8. The van der Waals surface area contributed by atoms with Crippen LogP contribution >= 0.6 is 0 Å². The van der Waals surface area contributed by atoms with Crippen molar-refractivity contribution in [3.63, 3.8) is 0 Å². The molecule has 3 fully saturated rings. The normalized spacial score (nSPS) is 17.9. The summed E-state index contributed by atoms with van der Waals surface area (Å²) in [5.74, 6) is 1.92. The first kappa shape index (κ1) is 32.5. The van der Waals surface area contributed by atoms with E-state index >= 15 is 0 Å². The third kappa shape index (κ3) is 8.87. The second-order valence-electron chi connectivity index (χ2n) is 13.1. The number of hydrogen-bond donors (Lipinski definition) is 3. The fourth-order valence-electron chi connectivity index (χ4n) is 7.30. The Kier molecular flexibility index (Phi) is 11.3. The lowest BCUT2D eigenvalue weighted by atomic mass is 9.75. The Morgan fingerprint density at radius 1 is 0.617 bits per heavy atom. The lowest BCUT2D eigenvalue weighted by Gasteiger charge is -2.37. The molecule has 4 aromatic rings. The number of H-pyrrole nitrogens is 2. The molecule has 3 aliphatic rings. The van der Waals surface area contributed by atoms with Crippen molar-refractivity contribution in [1.29, 1.82) is 0 Å². The van der Waals surface area contributed by atoms with Gasteiger partial charge < -0.3 is 10.1 Å². The molecule has 12 nitrogen and oxygen atoms in total. The number of nitrogens with zero attached hydrogens (tertiary/aromatic N) is 6. The quantitative estimate of drug-likeness (QED) is 0.183. The number of esters is 1. The third-order valence-corrected chi connectivity index (χ3v) is 9.89. The zero-order chi connectivity index (χ0) is 32.3. The van der Waals surface area contributed by atoms with Crippen molar-refractivity contribution in [2.24, 2.45) is 11.8 Å². The van der Waals surface area contributed by atoms with Crippen molar-refractivity contribution in [2.75, 3.05) is 0 Å². The lowest BCUT2D eigenvalue weighted by molar-refractivity contribution is -0.0232. The molecular formula is C35H45N9O3. The van der Waals surface area contributed by atoms with Gasteiger partial charge in [-0.2, -0.15) is 10.4 Å². The Morgan fingerprint density at radius 3 is 1.51 bits per heavy atom. The Hall–Kier alpha value is -4.48. The fourth-order valence-corrected chi connectivity index (χ4v) is 7.30. The maximum Gasteiger partial charge on any atom is 0.338 e. The monoisotopic (exact) mass is 639 g/mol. The highest BCUT2D eigenvalue weighted by Crippen LogP contribution is 2.38. The topological polar surface area (TPSA) is 164 Å². The number of nitrogens with one attached hydrogen (secondary N) is 3. The van der Waals surface area contributed by atoms with E-state index in [4.69, 9.17) is 4.74 Å². The minimum Gasteiger partial charge on any atom is -0.458 e. The van der Waals surface area contributed by atoms with Gasteiger partial charge in [-0.1, -0.05) is 82.1 Å². The van der Waals surface area contributed by atoms with Crippen molar-refractivity contribution >= 4 is 11.9 Å². The first-order valence-electron chi connectivity index (χ1n) is 17.3. The third-order valence-electron chi connectivity index (χ3n) is 9.89. The standard InChI is InChI=1S/C21H28N4O2.C14H17N5O/c26-21(18-13-11-17(12-14-18)20-22-24-25-23-20)27-19(15-7-3-1-4-8-15)16-9-5-2-6-10-16;20-14(15-12-4-2-1-3-5-12)11-8-6-10(7-9-11)13-16-18-19-17-13/h11-16,19H,1-10H2,(H,22,23,24,25);6-9,12H,1-5H2,(H,15,20)(H,16,17,18,19). The number of rotatable bonds is 8. The highest BCUT2D eigenvalue weighted by Gasteiger charge is 2.34. The molecule has 0 saturated heterocycles. The van der Waals surface area contributed by atoms with E-state index in [0.29, 0.717) is 40.7 Å². The van der Waals surface area contributed by atoms with Crippen LogP contribution in [0.3, 0.4) is 0 Å². The maximum atomic E-state index is 12.9. The molecule has 2 heterocycles. The molecule has 1 amide bonds. The van der Waals surface area contributed by atoms with E-state index in [1.54, 1.807) is 24.3 Å². The maximum absolute atomic E-state index is 12.9. The van der Waals surface area contributed by atoms with E-state index in [2.05, 4.69) is 46.6 Å². The zero-order valence-corrected chi connectivity index (χ0v) is 26.9. The summed E-state index contributed by atoms with van der Waals surface area (Å²) in [6, 6.07) is 14.9. The molecule has 0 atom stereocenters. The van der Waals surface area contributed by atoms with Crippen LogP contribution in [0.2, 0.25) is 0 Å². The lowest BCUT2D eigenvalue weighted by Crippen LogP contribution is -2.36. The van der Waals surface area contributed by atoms with Gasteiger partial charge in [0, 0.05) is 22.7 Å². The molecule has 2 aromatic carbocycles. The first-order chi connectivity index (χ1) is 23.1. The predicted octanol–water partition coefficient (Wildman–Crippen LogP) is 6.48. The number of ether oxygens (including phenoxy) is 1. The Morgan fingerprint density at radius 2 is 1.06 bits per heavy atom. The summed E-state index contributed by atoms with van der Waals surface area (Å²) in [5, 5.41) is 30.8. The summed E-state index contributed by atoms with van der Waals surface area (Å²) >= 11 is 0. The molecule has 0 aliphatic heterocycles. The van der Waals surface area contributed by atoms with Gasteiger partial charge in [-0.3, -0.25) is 4.79 Å². The summed E-state index contributed by atoms with van der Waals surface area (Å²) < 4.78 is 6.16. The van der Waals surface area contributed by atoms with Crippen molar-refractivity contribution < 1.29 is 14.3 Å². The molecule has 7 rings (SSSR count). The van der Waals surface area contributed by atoms with E-state index in [1.165, 1.54) is 83.5 Å². The van der Waals surface area contributed by atoms with Gasteiger partial charge in [-0.25, -0.2) is 4.79 Å². The van der Waals surface area contributed by atoms with Crippen LogP contribution in [0.4, 0.5) is 0 Å². The predicted molar refractivity (Wildman–Crippen MR) is 176 cm³/mol. The average molecular weight is 640 g/mol. The van der Waals surface area contributed by atoms with Gasteiger partial charge in [0.05, 0.1) is 5.56 Å². The highest BCUT2D eigenvalue weighted by atomic mass is 16.5. The molecule has 3 saturated carbocycles. The van der Waals surface area contributed by atoms with Crippen LogP contribution in [0.1, 0.15) is 117 Å². The van der Waals surface area contributed by atoms with Crippen LogP contribution in [0.15, 0.2) is 48.5 Å². The van der Waals surface area contributed by atoms with Crippen molar-refractivity contribution in [2.45, 2.75) is 108 Å². The number of amides is 1. The van der Waals surface area contributed by atoms with Gasteiger partial charge in [0.1, 0.15) is 6.10 Å². The molecule has 248 valence electrons.